The minimum absolute atomic E-state index is 0.0902. The molecule has 1 amide bonds. The van der Waals surface area contributed by atoms with Crippen LogP contribution in [0.4, 0.5) is 5.13 Å². The van der Waals surface area contributed by atoms with Crippen LogP contribution in [0.25, 0.3) is 0 Å². The number of carbonyl (C=O) groups is 1. The number of thiazole rings is 1. The lowest BCUT2D eigenvalue weighted by Crippen LogP contribution is -2.49. The summed E-state index contributed by atoms with van der Waals surface area (Å²) in [6.07, 6.45) is 2.01. The first-order chi connectivity index (χ1) is 13.6. The number of anilines is 1. The highest BCUT2D eigenvalue weighted by Crippen LogP contribution is 2.41. The summed E-state index contributed by atoms with van der Waals surface area (Å²) in [4.78, 5) is 20.6. The van der Waals surface area contributed by atoms with Crippen LogP contribution >= 0.6 is 11.3 Å². The van der Waals surface area contributed by atoms with Crippen molar-refractivity contribution in [1.82, 2.24) is 9.88 Å². The monoisotopic (exact) mass is 391 g/mol. The molecule has 4 nitrogen and oxygen atoms in total. The zero-order valence-electron chi connectivity index (χ0n) is 16.3. The van der Waals surface area contributed by atoms with Crippen molar-refractivity contribution in [3.8, 4) is 0 Å². The smallest absolute Gasteiger partial charge is 0.265 e. The van der Waals surface area contributed by atoms with E-state index >= 15 is 0 Å². The molecule has 1 fully saturated rings. The number of amides is 1. The van der Waals surface area contributed by atoms with Crippen molar-refractivity contribution in [3.63, 3.8) is 0 Å². The van der Waals surface area contributed by atoms with E-state index in [2.05, 4.69) is 58.8 Å². The summed E-state index contributed by atoms with van der Waals surface area (Å²) in [5.74, 6) is 0.0902. The van der Waals surface area contributed by atoms with Crippen LogP contribution in [0.1, 0.15) is 39.3 Å². The third kappa shape index (κ3) is 3.31. The lowest BCUT2D eigenvalue weighted by Gasteiger charge is -2.44. The zero-order chi connectivity index (χ0) is 19.6. The second-order valence-electron chi connectivity index (χ2n) is 7.33. The Labute approximate surface area is 170 Å². The van der Waals surface area contributed by atoms with Crippen molar-refractivity contribution in [2.24, 2.45) is 0 Å². The van der Waals surface area contributed by atoms with Crippen molar-refractivity contribution in [3.05, 3.63) is 82.4 Å². The number of hydrogen-bond acceptors (Lipinski definition) is 4. The molecule has 1 aliphatic rings. The quantitative estimate of drug-likeness (QED) is 0.700. The molecule has 0 atom stereocenters. The van der Waals surface area contributed by atoms with Crippen molar-refractivity contribution in [2.75, 3.05) is 25.5 Å². The topological polar surface area (TPSA) is 45.2 Å². The first-order valence-electron chi connectivity index (χ1n) is 9.69. The molecule has 0 bridgehead atoms. The molecule has 2 heterocycles. The highest BCUT2D eigenvalue weighted by molar-refractivity contribution is 7.17. The fraction of sp³-hybridized carbons (Fsp3) is 0.304. The highest BCUT2D eigenvalue weighted by Gasteiger charge is 2.40. The van der Waals surface area contributed by atoms with Gasteiger partial charge in [-0.2, -0.15) is 0 Å². The minimum Gasteiger partial charge on any atom is -0.365 e. The summed E-state index contributed by atoms with van der Waals surface area (Å²) in [7, 11) is 1.84. The van der Waals surface area contributed by atoms with E-state index in [4.69, 9.17) is 0 Å². The Morgan fingerprint density at radius 2 is 1.68 bits per heavy atom. The van der Waals surface area contributed by atoms with E-state index in [0.29, 0.717) is 6.54 Å². The summed E-state index contributed by atoms with van der Waals surface area (Å²) < 4.78 is 0. The van der Waals surface area contributed by atoms with Gasteiger partial charge in [0.2, 0.25) is 0 Å². The van der Waals surface area contributed by atoms with Gasteiger partial charge >= 0.3 is 0 Å². The van der Waals surface area contributed by atoms with Gasteiger partial charge in [-0.05, 0) is 30.9 Å². The second-order valence-corrected chi connectivity index (χ2v) is 8.33. The number of likely N-dealkylation sites (tertiary alicyclic amines) is 1. The fourth-order valence-corrected chi connectivity index (χ4v) is 5.11. The van der Waals surface area contributed by atoms with E-state index in [1.807, 2.05) is 31.0 Å². The number of benzene rings is 2. The second kappa shape index (κ2) is 7.76. The number of nitrogens with zero attached hydrogens (tertiary/aromatic N) is 2. The average molecular weight is 392 g/mol. The molecule has 4 rings (SSSR count). The zero-order valence-corrected chi connectivity index (χ0v) is 17.1. The van der Waals surface area contributed by atoms with Gasteiger partial charge < -0.3 is 10.2 Å². The first kappa shape index (κ1) is 18.7. The van der Waals surface area contributed by atoms with Crippen LogP contribution in [0.15, 0.2) is 60.7 Å². The number of piperidine rings is 1. The summed E-state index contributed by atoms with van der Waals surface area (Å²) in [5, 5.41) is 3.84. The van der Waals surface area contributed by atoms with Gasteiger partial charge in [-0.3, -0.25) is 4.79 Å². The van der Waals surface area contributed by atoms with Crippen LogP contribution < -0.4 is 5.32 Å². The van der Waals surface area contributed by atoms with Crippen LogP contribution in [0, 0.1) is 6.92 Å². The van der Waals surface area contributed by atoms with E-state index in [1.165, 1.54) is 22.5 Å². The molecule has 0 aliphatic carbocycles. The van der Waals surface area contributed by atoms with Gasteiger partial charge in [0.05, 0.1) is 5.69 Å². The molecule has 144 valence electrons. The lowest BCUT2D eigenvalue weighted by atomic mass is 9.69. The van der Waals surface area contributed by atoms with Crippen LogP contribution in [0.5, 0.6) is 0 Å². The third-order valence-electron chi connectivity index (χ3n) is 5.64. The molecule has 1 N–H and O–H groups in total. The maximum Gasteiger partial charge on any atom is 0.265 e. The van der Waals surface area contributed by atoms with E-state index in [-0.39, 0.29) is 11.3 Å². The van der Waals surface area contributed by atoms with Crippen LogP contribution in [0.2, 0.25) is 0 Å². The molecule has 0 spiro atoms. The number of aromatic nitrogens is 1. The Morgan fingerprint density at radius 1 is 1.07 bits per heavy atom. The standard InChI is InChI=1S/C23H25N3OS/c1-17-20(28-22(24-2)25-17)21(27)26-15-9-14-23(16-26,18-10-5-3-6-11-18)19-12-7-4-8-13-19/h3-8,10-13H,9,14-16H2,1-2H3,(H,24,25). The molecule has 2 aromatic carbocycles. The van der Waals surface area contributed by atoms with Gasteiger partial charge in [0.1, 0.15) is 4.88 Å². The normalized spacial score (nSPS) is 16.0. The predicted octanol–water partition coefficient (Wildman–Crippen LogP) is 4.72. The fourth-order valence-electron chi connectivity index (χ4n) is 4.23. The van der Waals surface area contributed by atoms with E-state index in [9.17, 15) is 4.79 Å². The van der Waals surface area contributed by atoms with Gasteiger partial charge in [-0.25, -0.2) is 4.98 Å². The molecule has 3 aromatic rings. The van der Waals surface area contributed by atoms with Crippen molar-refractivity contribution >= 4 is 22.4 Å². The van der Waals surface area contributed by atoms with Gasteiger partial charge in [0, 0.05) is 25.6 Å². The summed E-state index contributed by atoms with van der Waals surface area (Å²) in [6.45, 7) is 3.38. The highest BCUT2D eigenvalue weighted by atomic mass is 32.1. The molecule has 1 saturated heterocycles. The SMILES string of the molecule is CNc1nc(C)c(C(=O)N2CCCC(c3ccccc3)(c3ccccc3)C2)s1. The molecule has 0 unspecified atom stereocenters. The minimum atomic E-state index is -0.180. The molecule has 28 heavy (non-hydrogen) atoms. The lowest BCUT2D eigenvalue weighted by molar-refractivity contribution is 0.0670. The summed E-state index contributed by atoms with van der Waals surface area (Å²) in [6, 6.07) is 21.2. The third-order valence-corrected chi connectivity index (χ3v) is 6.80. The van der Waals surface area contributed by atoms with E-state index in [1.54, 1.807) is 0 Å². The van der Waals surface area contributed by atoms with Gasteiger partial charge in [-0.1, -0.05) is 72.0 Å². The average Bonchev–Trinajstić information content (AvgIpc) is 3.15. The van der Waals surface area contributed by atoms with Gasteiger partial charge in [0.15, 0.2) is 5.13 Å². The molecular weight excluding hydrogens is 366 g/mol. The molecule has 0 saturated carbocycles. The molecule has 1 aliphatic heterocycles. The van der Waals surface area contributed by atoms with E-state index in [0.717, 1.165) is 35.1 Å². The van der Waals surface area contributed by atoms with Crippen LogP contribution in [0.3, 0.4) is 0 Å². The Bertz CT molecular complexity index is 913. The van der Waals surface area contributed by atoms with Crippen LogP contribution in [-0.4, -0.2) is 35.9 Å². The van der Waals surface area contributed by atoms with Gasteiger partial charge in [-0.15, -0.1) is 0 Å². The Hall–Kier alpha value is -2.66. The number of hydrogen-bond donors (Lipinski definition) is 1. The molecular formula is C23H25N3OS. The van der Waals surface area contributed by atoms with Crippen molar-refractivity contribution < 1.29 is 4.79 Å². The van der Waals surface area contributed by atoms with Crippen molar-refractivity contribution in [1.29, 1.82) is 0 Å². The summed E-state index contributed by atoms with van der Waals surface area (Å²) in [5.41, 5.74) is 3.17. The number of aryl methyl sites for hydroxylation is 1. The maximum atomic E-state index is 13.4. The molecule has 5 heteroatoms. The number of nitrogens with one attached hydrogen (secondary N) is 1. The molecule has 0 radical (unpaired) electrons. The predicted molar refractivity (Wildman–Crippen MR) is 115 cm³/mol. The number of carbonyl (C=O) groups excluding carboxylic acids is 1. The summed E-state index contributed by atoms with van der Waals surface area (Å²) >= 11 is 1.44. The largest absolute Gasteiger partial charge is 0.365 e. The Kier molecular flexibility index (Phi) is 5.18. The molecule has 1 aromatic heterocycles. The Morgan fingerprint density at radius 3 is 2.21 bits per heavy atom. The first-order valence-corrected chi connectivity index (χ1v) is 10.5. The maximum absolute atomic E-state index is 13.4. The van der Waals surface area contributed by atoms with Gasteiger partial charge in [0.25, 0.3) is 5.91 Å². The van der Waals surface area contributed by atoms with E-state index < -0.39 is 0 Å². The number of rotatable bonds is 4. The Balaban J connectivity index is 1.73. The van der Waals surface area contributed by atoms with Crippen molar-refractivity contribution in [2.45, 2.75) is 25.2 Å². The van der Waals surface area contributed by atoms with Crippen LogP contribution in [-0.2, 0) is 5.41 Å².